The molecule has 0 spiro atoms. The maximum absolute atomic E-state index is 2.79. The summed E-state index contributed by atoms with van der Waals surface area (Å²) in [7, 11) is 0. The summed E-state index contributed by atoms with van der Waals surface area (Å²) in [5.74, 6) is 0. The van der Waals surface area contributed by atoms with Crippen molar-refractivity contribution < 1.29 is 0 Å². The predicted molar refractivity (Wildman–Crippen MR) is 394 cm³/mol. The summed E-state index contributed by atoms with van der Waals surface area (Å²) in [5, 5.41) is 0. The lowest BCUT2D eigenvalue weighted by atomic mass is 9.42. The summed E-state index contributed by atoms with van der Waals surface area (Å²) in [6.07, 6.45) is 6.95. The molecule has 0 radical (unpaired) electrons. The van der Waals surface area contributed by atoms with E-state index in [1.54, 1.807) is 0 Å². The minimum Gasteiger partial charge on any atom is -0.376 e. The Labute approximate surface area is 550 Å². The van der Waals surface area contributed by atoms with Gasteiger partial charge >= 0.3 is 6.85 Å². The van der Waals surface area contributed by atoms with Gasteiger partial charge in [-0.25, -0.2) is 0 Å². The summed E-state index contributed by atoms with van der Waals surface area (Å²) in [6, 6.07) is 105. The molecule has 0 bridgehead atoms. The first-order valence-corrected chi connectivity index (χ1v) is 34.0. The number of unbranched alkanes of at least 4 members (excludes halogenated alkanes) is 2. The van der Waals surface area contributed by atoms with E-state index in [1.165, 1.54) is 148 Å². The fourth-order valence-corrected chi connectivity index (χ4v) is 17.3. The van der Waals surface area contributed by atoms with Crippen LogP contribution in [0.1, 0.15) is 131 Å². The molecular weight excluding hydrogens is 1120 g/mol. The molecule has 0 fully saturated rings. The molecule has 0 unspecified atom stereocenters. The molecule has 12 aromatic carbocycles. The fraction of sp³-hybridized carbons (Fsp3) is 0.191. The highest BCUT2D eigenvalue weighted by Crippen LogP contribution is 2.64. The molecule has 0 saturated carbocycles. The van der Waals surface area contributed by atoms with Gasteiger partial charge in [-0.2, -0.15) is 0 Å². The second-order valence-corrected chi connectivity index (χ2v) is 28.8. The van der Waals surface area contributed by atoms with E-state index in [0.717, 1.165) is 42.0 Å². The number of nitrogens with zero attached hydrogens (tertiary/aromatic N) is 3. The number of rotatable bonds is 12. The lowest BCUT2D eigenvalue weighted by molar-refractivity contribution is 0.331. The van der Waals surface area contributed by atoms with E-state index >= 15 is 0 Å². The Morgan fingerprint density at radius 2 is 0.925 bits per heavy atom. The third-order valence-electron chi connectivity index (χ3n) is 22.2. The molecule has 2 aliphatic carbocycles. The maximum atomic E-state index is 2.79. The van der Waals surface area contributed by atoms with Crippen molar-refractivity contribution in [2.24, 2.45) is 0 Å². The topological polar surface area (TPSA) is 9.72 Å². The van der Waals surface area contributed by atoms with Gasteiger partial charge in [-0.3, -0.25) is 0 Å². The van der Waals surface area contributed by atoms with Crippen molar-refractivity contribution in [2.45, 2.75) is 109 Å². The number of aryl methyl sites for hydroxylation is 1. The zero-order chi connectivity index (χ0) is 63.0. The Bertz CT molecular complexity index is 4840. The lowest BCUT2D eigenvalue weighted by Crippen LogP contribution is -2.63. The van der Waals surface area contributed by atoms with Gasteiger partial charge in [0.1, 0.15) is 0 Å². The van der Waals surface area contributed by atoms with Gasteiger partial charge in [0.15, 0.2) is 0 Å². The normalized spacial score (nSPS) is 15.8. The highest BCUT2D eigenvalue weighted by molar-refractivity contribution is 6.94. The molecule has 5 aliphatic rings. The van der Waals surface area contributed by atoms with Gasteiger partial charge in [-0.05, 0) is 197 Å². The summed E-state index contributed by atoms with van der Waals surface area (Å²) >= 11 is 0. The molecular formula is C89H78BN3. The van der Waals surface area contributed by atoms with Crippen LogP contribution in [-0.4, -0.2) is 6.85 Å². The number of benzene rings is 12. The van der Waals surface area contributed by atoms with Crippen LogP contribution in [0.25, 0.3) is 44.5 Å². The predicted octanol–water partition coefficient (Wildman–Crippen LogP) is 22.3. The van der Waals surface area contributed by atoms with E-state index in [0.29, 0.717) is 0 Å². The molecule has 3 aliphatic heterocycles. The molecule has 93 heavy (non-hydrogen) atoms. The Morgan fingerprint density at radius 1 is 0.398 bits per heavy atom. The minimum atomic E-state index is -0.691. The molecule has 0 saturated heterocycles. The van der Waals surface area contributed by atoms with E-state index in [-0.39, 0.29) is 23.1 Å². The van der Waals surface area contributed by atoms with Crippen LogP contribution in [0.4, 0.5) is 45.5 Å². The van der Waals surface area contributed by atoms with E-state index in [9.17, 15) is 0 Å². The van der Waals surface area contributed by atoms with E-state index in [4.69, 9.17) is 0 Å². The standard InChI is InChI=1S/C89H78BN3/c1-8-9-14-26-59-39-45-66(46-40-59)91(67-47-41-62(42-48-67)60-27-15-10-16-28-60)69-51-52-71-79(55-69)93(68-49-43-63(44-50-68)61-29-17-11-18-30-61)90-78-38-25-37-73-85(78)92(81-58-77-82(83(71)84(81)90)70-35-23-24-36-72(70)88(77,6)7)80-57-75-74(86(2,3)53-54-87(75,4)5)56-76(80)89(73,64-31-19-12-20-32-64)65-33-21-13-22-34-65/h10-13,15-25,27-52,55-58H,8-9,14,26,53-54H2,1-7H3. The van der Waals surface area contributed by atoms with Crippen molar-refractivity contribution in [1.29, 1.82) is 0 Å². The first-order valence-electron chi connectivity index (χ1n) is 34.0. The second-order valence-electron chi connectivity index (χ2n) is 28.8. The molecule has 0 atom stereocenters. The Kier molecular flexibility index (Phi) is 13.3. The van der Waals surface area contributed by atoms with Gasteiger partial charge in [-0.1, -0.05) is 274 Å². The van der Waals surface area contributed by atoms with E-state index < -0.39 is 5.41 Å². The highest BCUT2D eigenvalue weighted by atomic mass is 15.2. The van der Waals surface area contributed by atoms with Crippen LogP contribution in [-0.2, 0) is 28.1 Å². The van der Waals surface area contributed by atoms with Crippen LogP contribution in [0.15, 0.2) is 273 Å². The molecule has 17 rings (SSSR count). The van der Waals surface area contributed by atoms with Crippen molar-refractivity contribution in [1.82, 2.24) is 0 Å². The quantitative estimate of drug-likeness (QED) is 0.0892. The van der Waals surface area contributed by atoms with Crippen molar-refractivity contribution >= 4 is 63.3 Å². The van der Waals surface area contributed by atoms with Gasteiger partial charge in [0.25, 0.3) is 0 Å². The number of para-hydroxylation sites is 1. The summed E-state index contributed by atoms with van der Waals surface area (Å²) in [4.78, 5) is 8.04. The molecule has 0 amide bonds. The van der Waals surface area contributed by atoms with Crippen LogP contribution in [0.5, 0.6) is 0 Å². The molecule has 0 N–H and O–H groups in total. The molecule has 3 nitrogen and oxygen atoms in total. The second kappa shape index (κ2) is 21.6. The highest BCUT2D eigenvalue weighted by Gasteiger charge is 2.56. The van der Waals surface area contributed by atoms with Crippen LogP contribution >= 0.6 is 0 Å². The average molecular weight is 1200 g/mol. The third-order valence-corrected chi connectivity index (χ3v) is 22.2. The fourth-order valence-electron chi connectivity index (χ4n) is 17.3. The monoisotopic (exact) mass is 1200 g/mol. The number of fused-ring (bicyclic) bond motifs is 11. The van der Waals surface area contributed by atoms with Crippen molar-refractivity contribution in [3.05, 3.63) is 323 Å². The molecule has 0 aromatic heterocycles. The smallest absolute Gasteiger partial charge is 0.333 e. The SMILES string of the molecule is CCCCCc1ccc(N(c2ccc(-c3ccccc3)cc2)c2ccc3c(c2)N(c2ccc(-c4ccccc4)cc2)B2c4cccc5c4N(c4cc6c(cc4C5(c4ccccc4)c4ccccc4)C(C)(C)CCC6(C)C)c4cc5c(c-3c42)-c2ccccc2C5(C)C)cc1. The summed E-state index contributed by atoms with van der Waals surface area (Å²) in [6.45, 7) is 17.0. The van der Waals surface area contributed by atoms with Gasteiger partial charge in [0, 0.05) is 50.8 Å². The number of hydrogen-bond acceptors (Lipinski definition) is 3. The number of anilines is 8. The number of hydrogen-bond donors (Lipinski definition) is 0. The molecule has 4 heteroatoms. The average Bonchev–Trinajstić information content (AvgIpc) is 1.63. The maximum Gasteiger partial charge on any atom is 0.333 e. The minimum absolute atomic E-state index is 0.0331. The van der Waals surface area contributed by atoms with Crippen molar-refractivity contribution in [2.75, 3.05) is 14.6 Å². The zero-order valence-corrected chi connectivity index (χ0v) is 54.6. The largest absolute Gasteiger partial charge is 0.376 e. The molecule has 12 aromatic rings. The van der Waals surface area contributed by atoms with Crippen molar-refractivity contribution in [3.8, 4) is 44.5 Å². The van der Waals surface area contributed by atoms with Crippen LogP contribution in [0.2, 0.25) is 0 Å². The van der Waals surface area contributed by atoms with Gasteiger partial charge < -0.3 is 14.6 Å². The Morgan fingerprint density at radius 3 is 1.55 bits per heavy atom. The Hall–Kier alpha value is -9.90. The van der Waals surface area contributed by atoms with Gasteiger partial charge in [0.05, 0.1) is 11.1 Å². The third kappa shape index (κ3) is 8.70. The first-order chi connectivity index (χ1) is 45.3. The van der Waals surface area contributed by atoms with Crippen LogP contribution in [0.3, 0.4) is 0 Å². The molecule has 3 heterocycles. The van der Waals surface area contributed by atoms with Gasteiger partial charge in [0.2, 0.25) is 0 Å². The first kappa shape index (κ1) is 57.0. The Balaban J connectivity index is 0.993. The lowest BCUT2D eigenvalue weighted by Gasteiger charge is -2.53. The van der Waals surface area contributed by atoms with Crippen molar-refractivity contribution in [3.63, 3.8) is 0 Å². The summed E-state index contributed by atoms with van der Waals surface area (Å²) < 4.78 is 0. The van der Waals surface area contributed by atoms with Crippen LogP contribution < -0.4 is 25.5 Å². The zero-order valence-electron chi connectivity index (χ0n) is 54.6. The van der Waals surface area contributed by atoms with Crippen LogP contribution in [0, 0.1) is 0 Å². The van der Waals surface area contributed by atoms with E-state index in [1.807, 2.05) is 0 Å². The molecule has 452 valence electrons. The van der Waals surface area contributed by atoms with Gasteiger partial charge in [-0.15, -0.1) is 0 Å². The van der Waals surface area contributed by atoms with E-state index in [2.05, 4.69) is 336 Å². The summed E-state index contributed by atoms with van der Waals surface area (Å²) in [5.41, 5.74) is 33.3.